The molecule has 2 rings (SSSR count). The Bertz CT molecular complexity index is 686. The summed E-state index contributed by atoms with van der Waals surface area (Å²) in [6, 6.07) is 15.4. The average molecular weight is 371 g/mol. The van der Waals surface area contributed by atoms with E-state index in [-0.39, 0.29) is 0 Å². The first-order valence-corrected chi connectivity index (χ1v) is 10.5. The van der Waals surface area contributed by atoms with E-state index in [0.29, 0.717) is 5.92 Å². The van der Waals surface area contributed by atoms with Crippen LogP contribution in [-0.4, -0.2) is 0 Å². The molecule has 0 aromatic heterocycles. The molecule has 2 aromatic rings. The van der Waals surface area contributed by atoms with E-state index in [4.69, 9.17) is 11.6 Å². The highest BCUT2D eigenvalue weighted by molar-refractivity contribution is 6.31. The molecular weight excluding hydrogens is 336 g/mol. The van der Waals surface area contributed by atoms with Crippen molar-refractivity contribution < 1.29 is 0 Å². The molecule has 0 bridgehead atoms. The van der Waals surface area contributed by atoms with Crippen LogP contribution in [0.4, 0.5) is 0 Å². The standard InChI is InChI=1S/C25H35Cl/c1-7-18(3)21(6)19(4)14-20(5)23-12-13-25(26)24(16-23)15-22-10-8-17(2)9-11-22/h8-13,16,18-21H,7,14-15H2,1-6H3/t18?,19?,20?,21-/m1/s1. The molecule has 0 fully saturated rings. The van der Waals surface area contributed by atoms with E-state index in [0.717, 1.165) is 29.2 Å². The predicted molar refractivity (Wildman–Crippen MR) is 116 cm³/mol. The highest BCUT2D eigenvalue weighted by atomic mass is 35.5. The Morgan fingerprint density at radius 2 is 1.54 bits per heavy atom. The molecule has 1 heteroatoms. The van der Waals surface area contributed by atoms with Gasteiger partial charge in [0, 0.05) is 5.02 Å². The molecule has 0 saturated heterocycles. The largest absolute Gasteiger partial charge is 0.0840 e. The highest BCUT2D eigenvalue weighted by Crippen LogP contribution is 2.33. The molecule has 0 heterocycles. The number of hydrogen-bond acceptors (Lipinski definition) is 0. The van der Waals surface area contributed by atoms with Crippen LogP contribution >= 0.6 is 11.6 Å². The predicted octanol–water partition coefficient (Wildman–Crippen LogP) is 8.05. The topological polar surface area (TPSA) is 0 Å². The summed E-state index contributed by atoms with van der Waals surface area (Å²) in [5.74, 6) is 2.85. The van der Waals surface area contributed by atoms with Crippen LogP contribution in [0.5, 0.6) is 0 Å². The van der Waals surface area contributed by atoms with Crippen molar-refractivity contribution in [1.82, 2.24) is 0 Å². The van der Waals surface area contributed by atoms with E-state index in [9.17, 15) is 0 Å². The van der Waals surface area contributed by atoms with Crippen molar-refractivity contribution in [3.8, 4) is 0 Å². The van der Waals surface area contributed by atoms with Crippen LogP contribution in [0.3, 0.4) is 0 Å². The van der Waals surface area contributed by atoms with Gasteiger partial charge in [0.25, 0.3) is 0 Å². The van der Waals surface area contributed by atoms with E-state index in [2.05, 4.69) is 84.0 Å². The maximum Gasteiger partial charge on any atom is 0.0441 e. The third-order valence-electron chi connectivity index (χ3n) is 6.32. The van der Waals surface area contributed by atoms with Crippen molar-refractivity contribution >= 4 is 11.6 Å². The Kier molecular flexibility index (Phi) is 7.77. The smallest absolute Gasteiger partial charge is 0.0441 e. The zero-order chi connectivity index (χ0) is 19.3. The summed E-state index contributed by atoms with van der Waals surface area (Å²) in [4.78, 5) is 0. The van der Waals surface area contributed by atoms with E-state index < -0.39 is 0 Å². The lowest BCUT2D eigenvalue weighted by atomic mass is 9.78. The fourth-order valence-corrected chi connectivity index (χ4v) is 3.99. The summed E-state index contributed by atoms with van der Waals surface area (Å²) in [6.45, 7) is 14.0. The maximum absolute atomic E-state index is 6.50. The van der Waals surface area contributed by atoms with Gasteiger partial charge in [0.15, 0.2) is 0 Å². The summed E-state index contributed by atoms with van der Waals surface area (Å²) < 4.78 is 0. The second kappa shape index (κ2) is 9.60. The van der Waals surface area contributed by atoms with Crippen LogP contribution in [0, 0.1) is 24.7 Å². The van der Waals surface area contributed by atoms with Crippen LogP contribution in [-0.2, 0) is 6.42 Å². The van der Waals surface area contributed by atoms with Gasteiger partial charge in [-0.3, -0.25) is 0 Å². The molecule has 3 unspecified atom stereocenters. The van der Waals surface area contributed by atoms with Gasteiger partial charge in [-0.25, -0.2) is 0 Å². The van der Waals surface area contributed by atoms with E-state index in [1.165, 1.54) is 35.1 Å². The maximum atomic E-state index is 6.50. The fourth-order valence-electron chi connectivity index (χ4n) is 3.80. The van der Waals surface area contributed by atoms with Gasteiger partial charge < -0.3 is 0 Å². The Hall–Kier alpha value is -1.27. The minimum atomic E-state index is 0.561. The number of hydrogen-bond donors (Lipinski definition) is 0. The number of aryl methyl sites for hydroxylation is 1. The van der Waals surface area contributed by atoms with Crippen LogP contribution in [0.25, 0.3) is 0 Å². The first kappa shape index (κ1) is 21.0. The third-order valence-corrected chi connectivity index (χ3v) is 6.69. The Morgan fingerprint density at radius 1 is 0.885 bits per heavy atom. The van der Waals surface area contributed by atoms with Gasteiger partial charge in [0.1, 0.15) is 0 Å². The Balaban J connectivity index is 2.11. The van der Waals surface area contributed by atoms with E-state index >= 15 is 0 Å². The molecule has 4 atom stereocenters. The molecule has 0 nitrogen and oxygen atoms in total. The molecule has 0 radical (unpaired) electrons. The number of benzene rings is 2. The average Bonchev–Trinajstić information content (AvgIpc) is 2.63. The van der Waals surface area contributed by atoms with Crippen molar-refractivity contribution in [2.75, 3.05) is 0 Å². The van der Waals surface area contributed by atoms with Gasteiger partial charge in [-0.2, -0.15) is 0 Å². The van der Waals surface area contributed by atoms with Crippen LogP contribution in [0.15, 0.2) is 42.5 Å². The first-order valence-electron chi connectivity index (χ1n) is 10.2. The molecule has 0 N–H and O–H groups in total. The van der Waals surface area contributed by atoms with Crippen LogP contribution in [0.1, 0.15) is 75.6 Å². The molecule has 2 aromatic carbocycles. The lowest BCUT2D eigenvalue weighted by molar-refractivity contribution is 0.251. The first-order chi connectivity index (χ1) is 12.3. The van der Waals surface area contributed by atoms with Crippen molar-refractivity contribution in [2.45, 2.75) is 66.7 Å². The number of halogens is 1. The molecular formula is C25H35Cl. The minimum Gasteiger partial charge on any atom is -0.0840 e. The second-order valence-electron chi connectivity index (χ2n) is 8.37. The molecule has 0 aliphatic rings. The van der Waals surface area contributed by atoms with Gasteiger partial charge in [-0.1, -0.05) is 94.6 Å². The van der Waals surface area contributed by atoms with E-state index in [1.54, 1.807) is 0 Å². The van der Waals surface area contributed by atoms with Gasteiger partial charge >= 0.3 is 0 Å². The minimum absolute atomic E-state index is 0.561. The quantitative estimate of drug-likeness (QED) is 0.440. The molecule has 142 valence electrons. The van der Waals surface area contributed by atoms with Crippen molar-refractivity contribution in [3.63, 3.8) is 0 Å². The fraction of sp³-hybridized carbons (Fsp3) is 0.520. The lowest BCUT2D eigenvalue weighted by Gasteiger charge is -2.28. The van der Waals surface area contributed by atoms with Gasteiger partial charge in [-0.15, -0.1) is 0 Å². The Morgan fingerprint density at radius 3 is 2.15 bits per heavy atom. The van der Waals surface area contributed by atoms with Crippen LogP contribution < -0.4 is 0 Å². The zero-order valence-corrected chi connectivity index (χ0v) is 18.1. The van der Waals surface area contributed by atoms with Gasteiger partial charge in [-0.05, 0) is 66.2 Å². The SMILES string of the molecule is CCC(C)[C@@H](C)C(C)CC(C)c1ccc(Cl)c(Cc2ccc(C)cc2)c1. The summed E-state index contributed by atoms with van der Waals surface area (Å²) in [5.41, 5.74) is 5.27. The summed E-state index contributed by atoms with van der Waals surface area (Å²) in [5, 5.41) is 0.877. The van der Waals surface area contributed by atoms with Gasteiger partial charge in [0.05, 0.1) is 0 Å². The molecule has 26 heavy (non-hydrogen) atoms. The third kappa shape index (κ3) is 5.61. The van der Waals surface area contributed by atoms with Crippen molar-refractivity contribution in [2.24, 2.45) is 17.8 Å². The molecule has 0 aliphatic carbocycles. The van der Waals surface area contributed by atoms with Crippen LogP contribution in [0.2, 0.25) is 5.02 Å². The zero-order valence-electron chi connectivity index (χ0n) is 17.4. The summed E-state index contributed by atoms with van der Waals surface area (Å²) in [7, 11) is 0. The van der Waals surface area contributed by atoms with Crippen molar-refractivity contribution in [1.29, 1.82) is 0 Å². The summed E-state index contributed by atoms with van der Waals surface area (Å²) in [6.07, 6.45) is 3.40. The normalized spacial score (nSPS) is 16.1. The Labute approximate surface area is 166 Å². The van der Waals surface area contributed by atoms with Gasteiger partial charge in [0.2, 0.25) is 0 Å². The number of rotatable bonds is 8. The highest BCUT2D eigenvalue weighted by Gasteiger charge is 2.21. The molecule has 0 spiro atoms. The summed E-state index contributed by atoms with van der Waals surface area (Å²) >= 11 is 6.50. The monoisotopic (exact) mass is 370 g/mol. The second-order valence-corrected chi connectivity index (χ2v) is 8.78. The lowest BCUT2D eigenvalue weighted by Crippen LogP contribution is -2.18. The molecule has 0 aliphatic heterocycles. The molecule has 0 saturated carbocycles. The van der Waals surface area contributed by atoms with Crippen molar-refractivity contribution in [3.05, 3.63) is 69.7 Å². The molecule has 0 amide bonds. The van der Waals surface area contributed by atoms with E-state index in [1.807, 2.05) is 0 Å².